The van der Waals surface area contributed by atoms with Crippen LogP contribution in [0, 0.1) is 5.41 Å². The highest BCUT2D eigenvalue weighted by molar-refractivity contribution is 5.27. The molecule has 0 fully saturated rings. The fourth-order valence-electron chi connectivity index (χ4n) is 2.29. The summed E-state index contributed by atoms with van der Waals surface area (Å²) in [6.07, 6.45) is 0. The third kappa shape index (κ3) is 5.22. The first kappa shape index (κ1) is 15.2. The molecule has 0 aliphatic heterocycles. The van der Waals surface area contributed by atoms with Crippen LogP contribution in [-0.2, 0) is 12.0 Å². The smallest absolute Gasteiger partial charge is 0.0230 e. The van der Waals surface area contributed by atoms with E-state index >= 15 is 0 Å². The fraction of sp³-hybridized carbons (Fsp3) is 0.647. The molecular weight excluding hydrogens is 218 g/mol. The van der Waals surface area contributed by atoms with Crippen molar-refractivity contribution in [2.45, 2.75) is 53.5 Å². The molecule has 1 aromatic carbocycles. The topological polar surface area (TPSA) is 3.24 Å². The van der Waals surface area contributed by atoms with Crippen molar-refractivity contribution >= 4 is 0 Å². The number of benzene rings is 1. The Labute approximate surface area is 113 Å². The quantitative estimate of drug-likeness (QED) is 0.762. The van der Waals surface area contributed by atoms with Crippen molar-refractivity contribution in [3.05, 3.63) is 35.4 Å². The van der Waals surface area contributed by atoms with Crippen LogP contribution >= 0.6 is 0 Å². The molecule has 0 aliphatic rings. The average Bonchev–Trinajstić information content (AvgIpc) is 2.13. The molecule has 0 aromatic heterocycles. The van der Waals surface area contributed by atoms with E-state index in [2.05, 4.69) is 77.8 Å². The Bertz CT molecular complexity index is 362. The van der Waals surface area contributed by atoms with Crippen LogP contribution < -0.4 is 0 Å². The van der Waals surface area contributed by atoms with Crippen molar-refractivity contribution in [3.8, 4) is 0 Å². The van der Waals surface area contributed by atoms with Crippen LogP contribution in [0.25, 0.3) is 0 Å². The molecule has 0 saturated heterocycles. The van der Waals surface area contributed by atoms with Gasteiger partial charge >= 0.3 is 0 Å². The van der Waals surface area contributed by atoms with Crippen LogP contribution in [0.15, 0.2) is 24.3 Å². The lowest BCUT2D eigenvalue weighted by molar-refractivity contribution is 0.221. The predicted octanol–water partition coefficient (Wildman–Crippen LogP) is 4.46. The predicted molar refractivity (Wildman–Crippen MR) is 80.9 cm³/mol. The first-order chi connectivity index (χ1) is 8.08. The Hall–Kier alpha value is -0.820. The molecule has 0 atom stereocenters. The second-order valence-corrected chi connectivity index (χ2v) is 7.68. The van der Waals surface area contributed by atoms with Gasteiger partial charge in [-0.3, -0.25) is 0 Å². The Morgan fingerprint density at radius 2 is 1.39 bits per heavy atom. The Balaban J connectivity index is 2.64. The molecule has 0 radical (unpaired) electrons. The summed E-state index contributed by atoms with van der Waals surface area (Å²) in [5, 5.41) is 0. The lowest BCUT2D eigenvalue weighted by Gasteiger charge is -2.26. The zero-order chi connectivity index (χ0) is 14.0. The summed E-state index contributed by atoms with van der Waals surface area (Å²) in [5.41, 5.74) is 3.41. The molecule has 1 heteroatoms. The van der Waals surface area contributed by atoms with Crippen molar-refractivity contribution < 1.29 is 0 Å². The highest BCUT2D eigenvalue weighted by Crippen LogP contribution is 2.23. The first-order valence-corrected chi connectivity index (χ1v) is 6.86. The van der Waals surface area contributed by atoms with Gasteiger partial charge < -0.3 is 4.90 Å². The monoisotopic (exact) mass is 247 g/mol. The van der Waals surface area contributed by atoms with Gasteiger partial charge in [0.15, 0.2) is 0 Å². The Morgan fingerprint density at radius 1 is 0.889 bits per heavy atom. The largest absolute Gasteiger partial charge is 0.302 e. The van der Waals surface area contributed by atoms with Gasteiger partial charge in [0.1, 0.15) is 0 Å². The zero-order valence-electron chi connectivity index (χ0n) is 13.2. The number of hydrogen-bond donors (Lipinski definition) is 0. The minimum atomic E-state index is 0.246. The standard InChI is InChI=1S/C17H29N/c1-16(2,3)13-18(7)12-14-8-10-15(11-9-14)17(4,5)6/h8-11H,12-13H2,1-7H3. The normalized spacial score (nSPS) is 13.1. The molecule has 0 aliphatic carbocycles. The second-order valence-electron chi connectivity index (χ2n) is 7.68. The lowest BCUT2D eigenvalue weighted by atomic mass is 9.86. The van der Waals surface area contributed by atoms with Gasteiger partial charge in [0.2, 0.25) is 0 Å². The second kappa shape index (κ2) is 5.44. The van der Waals surface area contributed by atoms with E-state index in [-0.39, 0.29) is 5.41 Å². The van der Waals surface area contributed by atoms with Gasteiger partial charge in [-0.1, -0.05) is 65.8 Å². The van der Waals surface area contributed by atoms with E-state index in [0.29, 0.717) is 5.41 Å². The summed E-state index contributed by atoms with van der Waals surface area (Å²) in [6, 6.07) is 9.06. The Kier molecular flexibility index (Phi) is 4.61. The van der Waals surface area contributed by atoms with E-state index in [1.54, 1.807) is 0 Å². The summed E-state index contributed by atoms with van der Waals surface area (Å²) < 4.78 is 0. The summed E-state index contributed by atoms with van der Waals surface area (Å²) >= 11 is 0. The van der Waals surface area contributed by atoms with Crippen molar-refractivity contribution in [1.82, 2.24) is 4.90 Å². The van der Waals surface area contributed by atoms with E-state index in [4.69, 9.17) is 0 Å². The third-order valence-corrected chi connectivity index (χ3v) is 3.02. The van der Waals surface area contributed by atoms with E-state index in [0.717, 1.165) is 13.1 Å². The minimum absolute atomic E-state index is 0.246. The fourth-order valence-corrected chi connectivity index (χ4v) is 2.29. The van der Waals surface area contributed by atoms with Gasteiger partial charge in [0.25, 0.3) is 0 Å². The molecule has 0 N–H and O–H groups in total. The maximum atomic E-state index is 2.39. The Morgan fingerprint density at radius 3 is 1.78 bits per heavy atom. The molecule has 1 aromatic rings. The van der Waals surface area contributed by atoms with E-state index < -0.39 is 0 Å². The zero-order valence-corrected chi connectivity index (χ0v) is 13.2. The molecule has 1 rings (SSSR count). The summed E-state index contributed by atoms with van der Waals surface area (Å²) in [7, 11) is 2.20. The highest BCUT2D eigenvalue weighted by Gasteiger charge is 2.15. The molecule has 0 saturated carbocycles. The van der Waals surface area contributed by atoms with E-state index in [1.165, 1.54) is 11.1 Å². The van der Waals surface area contributed by atoms with Gasteiger partial charge in [-0.25, -0.2) is 0 Å². The molecule has 0 amide bonds. The molecule has 0 heterocycles. The molecule has 0 bridgehead atoms. The van der Waals surface area contributed by atoms with Gasteiger partial charge in [-0.15, -0.1) is 0 Å². The van der Waals surface area contributed by atoms with Crippen molar-refractivity contribution in [3.63, 3.8) is 0 Å². The van der Waals surface area contributed by atoms with Crippen molar-refractivity contribution in [1.29, 1.82) is 0 Å². The molecule has 18 heavy (non-hydrogen) atoms. The SMILES string of the molecule is CN(Cc1ccc(C(C)(C)C)cc1)CC(C)(C)C. The number of hydrogen-bond acceptors (Lipinski definition) is 1. The average molecular weight is 247 g/mol. The van der Waals surface area contributed by atoms with Gasteiger partial charge in [-0.2, -0.15) is 0 Å². The molecule has 0 unspecified atom stereocenters. The third-order valence-electron chi connectivity index (χ3n) is 3.02. The van der Waals surface area contributed by atoms with E-state index in [1.807, 2.05) is 0 Å². The maximum Gasteiger partial charge on any atom is 0.0230 e. The summed E-state index contributed by atoms with van der Waals surface area (Å²) in [4.78, 5) is 2.39. The lowest BCUT2D eigenvalue weighted by Crippen LogP contribution is -2.28. The molecule has 1 nitrogen and oxygen atoms in total. The summed E-state index contributed by atoms with van der Waals surface area (Å²) in [6.45, 7) is 15.8. The van der Waals surface area contributed by atoms with Crippen LogP contribution in [0.4, 0.5) is 0 Å². The molecule has 102 valence electrons. The van der Waals surface area contributed by atoms with Crippen LogP contribution in [0.3, 0.4) is 0 Å². The van der Waals surface area contributed by atoms with Crippen molar-refractivity contribution in [2.75, 3.05) is 13.6 Å². The van der Waals surface area contributed by atoms with Crippen molar-refractivity contribution in [2.24, 2.45) is 5.41 Å². The van der Waals surface area contributed by atoms with E-state index in [9.17, 15) is 0 Å². The molecular formula is C17H29N. The maximum absolute atomic E-state index is 2.39. The number of nitrogens with zero attached hydrogens (tertiary/aromatic N) is 1. The summed E-state index contributed by atoms with van der Waals surface area (Å²) in [5.74, 6) is 0. The van der Waals surface area contributed by atoms with Gasteiger partial charge in [-0.05, 0) is 29.0 Å². The molecule has 0 spiro atoms. The minimum Gasteiger partial charge on any atom is -0.302 e. The highest BCUT2D eigenvalue weighted by atomic mass is 15.1. The van der Waals surface area contributed by atoms with Crippen LogP contribution in [0.2, 0.25) is 0 Å². The van der Waals surface area contributed by atoms with Crippen LogP contribution in [0.5, 0.6) is 0 Å². The first-order valence-electron chi connectivity index (χ1n) is 6.86. The van der Waals surface area contributed by atoms with Crippen LogP contribution in [0.1, 0.15) is 52.7 Å². The van der Waals surface area contributed by atoms with Crippen LogP contribution in [-0.4, -0.2) is 18.5 Å². The number of rotatable bonds is 3. The van der Waals surface area contributed by atoms with Gasteiger partial charge in [0.05, 0.1) is 0 Å². The van der Waals surface area contributed by atoms with Gasteiger partial charge in [0, 0.05) is 13.1 Å².